The maximum atomic E-state index is 10.6. The van der Waals surface area contributed by atoms with Gasteiger partial charge in [0.2, 0.25) is 0 Å². The van der Waals surface area contributed by atoms with Crippen LogP contribution in [0.5, 0.6) is 0 Å². The van der Waals surface area contributed by atoms with Crippen LogP contribution in [0.25, 0.3) is 0 Å². The topological polar surface area (TPSA) is 20.3 Å². The highest BCUT2D eigenvalue weighted by molar-refractivity contribution is 5.54. The first kappa shape index (κ1) is 8.72. The van der Waals surface area contributed by atoms with Gasteiger partial charge in [-0.05, 0) is 26.9 Å². The van der Waals surface area contributed by atoms with E-state index in [0.717, 1.165) is 12.7 Å². The number of hydrogen-bond acceptors (Lipinski definition) is 2. The third-order valence-corrected chi connectivity index (χ3v) is 2.62. The highest BCUT2D eigenvalue weighted by atomic mass is 16.1. The molecule has 2 atom stereocenters. The fourth-order valence-corrected chi connectivity index (χ4v) is 1.94. The lowest BCUT2D eigenvalue weighted by molar-refractivity contribution is -0.113. The van der Waals surface area contributed by atoms with Gasteiger partial charge in [0.15, 0.2) is 0 Å². The second-order valence-electron chi connectivity index (χ2n) is 3.62. The number of hydrogen-bond donors (Lipinski definition) is 0. The Labute approximate surface area is 68.6 Å². The summed E-state index contributed by atoms with van der Waals surface area (Å²) in [5.41, 5.74) is 0. The van der Waals surface area contributed by atoms with Crippen LogP contribution in [-0.4, -0.2) is 31.3 Å². The van der Waals surface area contributed by atoms with E-state index < -0.39 is 0 Å². The Balaban J connectivity index is 2.51. The predicted octanol–water partition coefficient (Wildman–Crippen LogP) is 1.31. The number of carbonyl (C=O) groups excluding carboxylic acids is 1. The van der Waals surface area contributed by atoms with E-state index in [0.29, 0.717) is 12.0 Å². The van der Waals surface area contributed by atoms with Crippen molar-refractivity contribution in [2.75, 3.05) is 14.1 Å². The lowest BCUT2D eigenvalue weighted by Crippen LogP contribution is -2.38. The summed E-state index contributed by atoms with van der Waals surface area (Å²) in [4.78, 5) is 12.8. The van der Waals surface area contributed by atoms with E-state index in [4.69, 9.17) is 0 Å². The van der Waals surface area contributed by atoms with Gasteiger partial charge < -0.3 is 9.69 Å². The summed E-state index contributed by atoms with van der Waals surface area (Å²) >= 11 is 0. The van der Waals surface area contributed by atoms with Crippen molar-refractivity contribution in [3.8, 4) is 0 Å². The lowest BCUT2D eigenvalue weighted by atomic mass is 9.85. The number of rotatable bonds is 2. The van der Waals surface area contributed by atoms with E-state index in [9.17, 15) is 4.79 Å². The van der Waals surface area contributed by atoms with Crippen molar-refractivity contribution in [1.29, 1.82) is 0 Å². The predicted molar refractivity (Wildman–Crippen MR) is 45.5 cm³/mol. The standard InChI is InChI=1S/C9H17NO/c1-10(2)9-6-4-3-5-8(9)7-11/h7-9H,3-6H2,1-2H3. The van der Waals surface area contributed by atoms with E-state index in [1.165, 1.54) is 19.3 Å². The molecule has 0 aromatic heterocycles. The first-order chi connectivity index (χ1) is 5.25. The minimum Gasteiger partial charge on any atom is -0.306 e. The molecule has 0 amide bonds. The Morgan fingerprint density at radius 1 is 1.27 bits per heavy atom. The van der Waals surface area contributed by atoms with Crippen LogP contribution in [0, 0.1) is 5.92 Å². The number of carbonyl (C=O) groups is 1. The third-order valence-electron chi connectivity index (χ3n) is 2.62. The average Bonchev–Trinajstić information content (AvgIpc) is 2.04. The molecule has 2 heteroatoms. The Bertz CT molecular complexity index is 134. The van der Waals surface area contributed by atoms with Gasteiger partial charge in [-0.2, -0.15) is 0 Å². The van der Waals surface area contributed by atoms with Crippen molar-refractivity contribution in [1.82, 2.24) is 4.90 Å². The van der Waals surface area contributed by atoms with Gasteiger partial charge in [0.1, 0.15) is 6.29 Å². The molecule has 1 aliphatic rings. The molecule has 64 valence electrons. The van der Waals surface area contributed by atoms with Crippen LogP contribution in [0.3, 0.4) is 0 Å². The SMILES string of the molecule is CN(C)C1CCCCC1C=O. The number of nitrogens with zero attached hydrogens (tertiary/aromatic N) is 1. The maximum Gasteiger partial charge on any atom is 0.124 e. The Morgan fingerprint density at radius 3 is 2.36 bits per heavy atom. The molecule has 0 saturated heterocycles. The molecule has 0 radical (unpaired) electrons. The van der Waals surface area contributed by atoms with Crippen LogP contribution in [-0.2, 0) is 4.79 Å². The molecule has 0 spiro atoms. The Hall–Kier alpha value is -0.370. The molecule has 1 rings (SSSR count). The van der Waals surface area contributed by atoms with Crippen molar-refractivity contribution in [3.63, 3.8) is 0 Å². The molecular formula is C9H17NO. The molecule has 0 bridgehead atoms. The van der Waals surface area contributed by atoms with Crippen molar-refractivity contribution in [3.05, 3.63) is 0 Å². The van der Waals surface area contributed by atoms with Gasteiger partial charge in [-0.25, -0.2) is 0 Å². The van der Waals surface area contributed by atoms with E-state index in [2.05, 4.69) is 19.0 Å². The van der Waals surface area contributed by atoms with Crippen molar-refractivity contribution >= 4 is 6.29 Å². The maximum absolute atomic E-state index is 10.6. The fourth-order valence-electron chi connectivity index (χ4n) is 1.94. The van der Waals surface area contributed by atoms with Gasteiger partial charge in [0.25, 0.3) is 0 Å². The zero-order valence-electron chi connectivity index (χ0n) is 7.42. The largest absolute Gasteiger partial charge is 0.306 e. The highest BCUT2D eigenvalue weighted by Gasteiger charge is 2.25. The second-order valence-corrected chi connectivity index (χ2v) is 3.62. The molecule has 0 heterocycles. The Kier molecular flexibility index (Phi) is 3.06. The van der Waals surface area contributed by atoms with Crippen LogP contribution in [0.1, 0.15) is 25.7 Å². The zero-order valence-corrected chi connectivity index (χ0v) is 7.42. The van der Waals surface area contributed by atoms with Crippen molar-refractivity contribution < 1.29 is 4.79 Å². The monoisotopic (exact) mass is 155 g/mol. The van der Waals surface area contributed by atoms with Gasteiger partial charge >= 0.3 is 0 Å². The third kappa shape index (κ3) is 2.03. The summed E-state index contributed by atoms with van der Waals surface area (Å²) in [6.45, 7) is 0. The molecule has 1 saturated carbocycles. The van der Waals surface area contributed by atoms with Crippen LogP contribution >= 0.6 is 0 Å². The summed E-state index contributed by atoms with van der Waals surface area (Å²) in [7, 11) is 4.12. The summed E-state index contributed by atoms with van der Waals surface area (Å²) in [5.74, 6) is 0.291. The Morgan fingerprint density at radius 2 is 1.91 bits per heavy atom. The lowest BCUT2D eigenvalue weighted by Gasteiger charge is -2.32. The molecular weight excluding hydrogens is 138 g/mol. The molecule has 0 aromatic rings. The van der Waals surface area contributed by atoms with Gasteiger partial charge in [-0.1, -0.05) is 12.8 Å². The second kappa shape index (κ2) is 3.86. The van der Waals surface area contributed by atoms with Crippen LogP contribution in [0.2, 0.25) is 0 Å². The van der Waals surface area contributed by atoms with Gasteiger partial charge in [-0.3, -0.25) is 0 Å². The first-order valence-electron chi connectivity index (χ1n) is 4.37. The van der Waals surface area contributed by atoms with E-state index in [1.807, 2.05) is 0 Å². The van der Waals surface area contributed by atoms with E-state index in [-0.39, 0.29) is 0 Å². The van der Waals surface area contributed by atoms with Crippen molar-refractivity contribution in [2.24, 2.45) is 5.92 Å². The highest BCUT2D eigenvalue weighted by Crippen LogP contribution is 2.25. The smallest absolute Gasteiger partial charge is 0.124 e. The van der Waals surface area contributed by atoms with Crippen molar-refractivity contribution in [2.45, 2.75) is 31.7 Å². The summed E-state index contributed by atoms with van der Waals surface area (Å²) in [6.07, 6.45) is 5.92. The molecule has 0 aromatic carbocycles. The first-order valence-corrected chi connectivity index (χ1v) is 4.37. The van der Waals surface area contributed by atoms with Crippen LogP contribution in [0.4, 0.5) is 0 Å². The molecule has 0 aliphatic heterocycles. The molecule has 2 unspecified atom stereocenters. The average molecular weight is 155 g/mol. The summed E-state index contributed by atoms with van der Waals surface area (Å²) < 4.78 is 0. The summed E-state index contributed by atoms with van der Waals surface area (Å²) in [6, 6.07) is 0.501. The fraction of sp³-hybridized carbons (Fsp3) is 0.889. The molecule has 2 nitrogen and oxygen atoms in total. The van der Waals surface area contributed by atoms with E-state index in [1.54, 1.807) is 0 Å². The summed E-state index contributed by atoms with van der Waals surface area (Å²) in [5, 5.41) is 0. The van der Waals surface area contributed by atoms with Gasteiger partial charge in [0.05, 0.1) is 0 Å². The van der Waals surface area contributed by atoms with E-state index >= 15 is 0 Å². The van der Waals surface area contributed by atoms with Gasteiger partial charge in [0, 0.05) is 12.0 Å². The minimum atomic E-state index is 0.291. The minimum absolute atomic E-state index is 0.291. The van der Waals surface area contributed by atoms with Gasteiger partial charge in [-0.15, -0.1) is 0 Å². The quantitative estimate of drug-likeness (QED) is 0.560. The molecule has 0 N–H and O–H groups in total. The molecule has 1 fully saturated rings. The normalized spacial score (nSPS) is 32.3. The number of aldehydes is 1. The molecule has 11 heavy (non-hydrogen) atoms. The van der Waals surface area contributed by atoms with Crippen LogP contribution < -0.4 is 0 Å². The zero-order chi connectivity index (χ0) is 8.27. The molecule has 1 aliphatic carbocycles. The van der Waals surface area contributed by atoms with Crippen LogP contribution in [0.15, 0.2) is 0 Å².